The van der Waals surface area contributed by atoms with Gasteiger partial charge in [-0.1, -0.05) is 45.4 Å². The van der Waals surface area contributed by atoms with Crippen LogP contribution in [-0.4, -0.2) is 17.0 Å². The molecule has 4 rings (SSSR count). The van der Waals surface area contributed by atoms with Crippen LogP contribution in [0.4, 0.5) is 0 Å². The van der Waals surface area contributed by atoms with Crippen LogP contribution in [0.1, 0.15) is 103 Å². The predicted octanol–water partition coefficient (Wildman–Crippen LogP) is 5.66. The van der Waals surface area contributed by atoms with Crippen molar-refractivity contribution in [3.8, 4) is 0 Å². The summed E-state index contributed by atoms with van der Waals surface area (Å²) in [6.07, 6.45) is 18.3. The Morgan fingerprint density at radius 3 is 2.16 bits per heavy atom. The van der Waals surface area contributed by atoms with Gasteiger partial charge in [0.25, 0.3) is 0 Å². The van der Waals surface area contributed by atoms with Crippen LogP contribution in [0.3, 0.4) is 0 Å². The number of hydrogen-bond donors (Lipinski definition) is 1. The van der Waals surface area contributed by atoms with Crippen LogP contribution in [0.2, 0.25) is 0 Å². The lowest BCUT2D eigenvalue weighted by molar-refractivity contribution is -0.144. The first-order chi connectivity index (χ1) is 12.1. The average molecular weight is 347 g/mol. The van der Waals surface area contributed by atoms with Crippen molar-refractivity contribution in [2.45, 2.75) is 109 Å². The van der Waals surface area contributed by atoms with Crippen molar-refractivity contribution >= 4 is 5.78 Å². The second-order valence-electron chi connectivity index (χ2n) is 10.2. The molecule has 0 aromatic carbocycles. The van der Waals surface area contributed by atoms with Crippen molar-refractivity contribution in [2.24, 2.45) is 28.6 Å². The maximum atomic E-state index is 12.5. The van der Waals surface area contributed by atoms with Crippen LogP contribution in [0.25, 0.3) is 0 Å². The topological polar surface area (TPSA) is 37.3 Å². The Labute approximate surface area is 154 Å². The summed E-state index contributed by atoms with van der Waals surface area (Å²) in [5.41, 5.74) is 0.849. The molecule has 4 aliphatic carbocycles. The molecule has 4 fully saturated rings. The van der Waals surface area contributed by atoms with Gasteiger partial charge < -0.3 is 5.11 Å². The quantitative estimate of drug-likeness (QED) is 0.665. The number of ketones is 1. The second-order valence-corrected chi connectivity index (χ2v) is 10.2. The molecule has 2 nitrogen and oxygen atoms in total. The molecule has 0 radical (unpaired) electrons. The molecule has 2 heteroatoms. The number of rotatable bonds is 1. The third kappa shape index (κ3) is 3.11. The van der Waals surface area contributed by atoms with E-state index in [2.05, 4.69) is 6.92 Å². The maximum absolute atomic E-state index is 12.5. The van der Waals surface area contributed by atoms with E-state index in [4.69, 9.17) is 0 Å². The maximum Gasteiger partial charge on any atom is 0.133 e. The van der Waals surface area contributed by atoms with Crippen molar-refractivity contribution in [3.63, 3.8) is 0 Å². The van der Waals surface area contributed by atoms with Gasteiger partial charge in [-0.3, -0.25) is 4.79 Å². The summed E-state index contributed by atoms with van der Waals surface area (Å²) in [7, 11) is 0. The zero-order chi connectivity index (χ0) is 17.5. The van der Waals surface area contributed by atoms with Crippen LogP contribution in [-0.2, 0) is 4.79 Å². The largest absolute Gasteiger partial charge is 0.393 e. The number of hydrogen-bond acceptors (Lipinski definition) is 2. The molecule has 0 heterocycles. The Balaban J connectivity index is 1.70. The second kappa shape index (κ2) is 6.98. The Bertz CT molecular complexity index is 484. The first-order valence-corrected chi connectivity index (χ1v) is 11.3. The van der Waals surface area contributed by atoms with Crippen molar-refractivity contribution in [3.05, 3.63) is 0 Å². The SMILES string of the molecule is C[C@H]1CC(O)C[C@@H](C2CC(=O)CCC23CCCCC3)C12CCCCC2. The average Bonchev–Trinajstić information content (AvgIpc) is 2.62. The third-order valence-electron chi connectivity index (χ3n) is 9.13. The summed E-state index contributed by atoms with van der Waals surface area (Å²) >= 11 is 0. The Kier molecular flexibility index (Phi) is 5.03. The minimum atomic E-state index is -0.134. The summed E-state index contributed by atoms with van der Waals surface area (Å²) < 4.78 is 0. The fourth-order valence-electron chi connectivity index (χ4n) is 7.85. The number of aliphatic hydroxyl groups excluding tert-OH is 1. The molecule has 0 aromatic rings. The van der Waals surface area contributed by atoms with E-state index in [1.54, 1.807) is 0 Å². The van der Waals surface area contributed by atoms with Gasteiger partial charge in [0.1, 0.15) is 5.78 Å². The highest BCUT2D eigenvalue weighted by atomic mass is 16.3. The van der Waals surface area contributed by atoms with E-state index in [9.17, 15) is 9.90 Å². The molecule has 0 amide bonds. The van der Waals surface area contributed by atoms with Crippen LogP contribution >= 0.6 is 0 Å². The molecule has 0 bridgehead atoms. The highest BCUT2D eigenvalue weighted by molar-refractivity contribution is 5.79. The van der Waals surface area contributed by atoms with Crippen molar-refractivity contribution in [1.82, 2.24) is 0 Å². The fraction of sp³-hybridized carbons (Fsp3) is 0.957. The minimum absolute atomic E-state index is 0.134. The summed E-state index contributed by atoms with van der Waals surface area (Å²) in [6.45, 7) is 2.42. The van der Waals surface area contributed by atoms with Crippen LogP contribution in [0.15, 0.2) is 0 Å². The molecule has 4 atom stereocenters. The Morgan fingerprint density at radius 2 is 1.48 bits per heavy atom. The first kappa shape index (κ1) is 18.0. The van der Waals surface area contributed by atoms with Gasteiger partial charge in [-0.05, 0) is 73.5 Å². The lowest BCUT2D eigenvalue weighted by Crippen LogP contribution is -2.54. The zero-order valence-electron chi connectivity index (χ0n) is 16.3. The Hall–Kier alpha value is -0.370. The van der Waals surface area contributed by atoms with E-state index in [1.165, 1.54) is 64.2 Å². The Morgan fingerprint density at radius 1 is 0.840 bits per heavy atom. The van der Waals surface area contributed by atoms with Gasteiger partial charge in [-0.25, -0.2) is 0 Å². The van der Waals surface area contributed by atoms with Crippen LogP contribution in [0, 0.1) is 28.6 Å². The summed E-state index contributed by atoms with van der Waals surface area (Å²) in [5.74, 6) is 2.29. The summed E-state index contributed by atoms with van der Waals surface area (Å²) in [5, 5.41) is 10.7. The molecule has 25 heavy (non-hydrogen) atoms. The summed E-state index contributed by atoms with van der Waals surface area (Å²) in [4.78, 5) is 12.5. The molecule has 142 valence electrons. The van der Waals surface area contributed by atoms with Gasteiger partial charge in [-0.15, -0.1) is 0 Å². The van der Waals surface area contributed by atoms with Gasteiger partial charge in [0.15, 0.2) is 0 Å². The van der Waals surface area contributed by atoms with Gasteiger partial charge in [0, 0.05) is 12.8 Å². The monoisotopic (exact) mass is 346 g/mol. The number of carbonyl (C=O) groups excluding carboxylic acids is 1. The first-order valence-electron chi connectivity index (χ1n) is 11.3. The predicted molar refractivity (Wildman–Crippen MR) is 101 cm³/mol. The molecule has 2 spiro atoms. The van der Waals surface area contributed by atoms with E-state index in [-0.39, 0.29) is 6.10 Å². The lowest BCUT2D eigenvalue weighted by Gasteiger charge is -2.60. The van der Waals surface area contributed by atoms with Gasteiger partial charge >= 0.3 is 0 Å². The third-order valence-corrected chi connectivity index (χ3v) is 9.13. The van der Waals surface area contributed by atoms with Crippen molar-refractivity contribution in [1.29, 1.82) is 0 Å². The lowest BCUT2D eigenvalue weighted by atomic mass is 9.45. The highest BCUT2D eigenvalue weighted by Gasteiger charge is 2.56. The van der Waals surface area contributed by atoms with Gasteiger partial charge in [0.05, 0.1) is 6.10 Å². The van der Waals surface area contributed by atoms with E-state index < -0.39 is 0 Å². The molecule has 0 aliphatic heterocycles. The molecule has 2 unspecified atom stereocenters. The molecule has 4 aliphatic rings. The van der Waals surface area contributed by atoms with Gasteiger partial charge in [-0.2, -0.15) is 0 Å². The highest BCUT2D eigenvalue weighted by Crippen LogP contribution is 2.63. The molecule has 0 saturated heterocycles. The van der Waals surface area contributed by atoms with Crippen molar-refractivity contribution < 1.29 is 9.90 Å². The minimum Gasteiger partial charge on any atom is -0.393 e. The zero-order valence-corrected chi connectivity index (χ0v) is 16.3. The normalized spacial score (nSPS) is 41.1. The van der Waals surface area contributed by atoms with E-state index in [1.807, 2.05) is 0 Å². The molecule has 4 saturated carbocycles. The molecular formula is C23H38O2. The van der Waals surface area contributed by atoms with Crippen LogP contribution in [0.5, 0.6) is 0 Å². The van der Waals surface area contributed by atoms with E-state index >= 15 is 0 Å². The number of carbonyl (C=O) groups is 1. The number of Topliss-reactive ketones (excluding diaryl/α,β-unsaturated/α-hetero) is 1. The smallest absolute Gasteiger partial charge is 0.133 e. The van der Waals surface area contributed by atoms with Crippen LogP contribution < -0.4 is 0 Å². The fourth-order valence-corrected chi connectivity index (χ4v) is 7.85. The van der Waals surface area contributed by atoms with E-state index in [0.717, 1.165) is 32.1 Å². The van der Waals surface area contributed by atoms with Crippen molar-refractivity contribution in [2.75, 3.05) is 0 Å². The number of aliphatic hydroxyl groups is 1. The molecule has 1 N–H and O–H groups in total. The molecular weight excluding hydrogens is 308 g/mol. The van der Waals surface area contributed by atoms with Gasteiger partial charge in [0.2, 0.25) is 0 Å². The standard InChI is InChI=1S/C23H38O2/c1-17-14-19(25)16-21(23(17)11-6-3-7-12-23)20-15-18(24)8-13-22(20)9-4-2-5-10-22/h17,19-21,25H,2-16H2,1H3/t17-,19?,20?,21-/m0/s1. The van der Waals surface area contributed by atoms with E-state index in [0.29, 0.717) is 34.4 Å². The summed E-state index contributed by atoms with van der Waals surface area (Å²) in [6, 6.07) is 0. The molecule has 0 aromatic heterocycles.